The maximum absolute atomic E-state index is 12.9. The Morgan fingerprint density at radius 2 is 2.10 bits per heavy atom. The van der Waals surface area contributed by atoms with Crippen LogP contribution in [-0.4, -0.2) is 23.4 Å². The van der Waals surface area contributed by atoms with Gasteiger partial charge in [-0.05, 0) is 48.4 Å². The third-order valence-electron chi connectivity index (χ3n) is 3.75. The Kier molecular flexibility index (Phi) is 3.83. The lowest BCUT2D eigenvalue weighted by molar-refractivity contribution is 0.0741. The fraction of sp³-hybridized carbons (Fsp3) is 0.312. The molecule has 1 unspecified atom stereocenters. The van der Waals surface area contributed by atoms with Gasteiger partial charge >= 0.3 is 0 Å². The van der Waals surface area contributed by atoms with E-state index >= 15 is 0 Å². The van der Waals surface area contributed by atoms with E-state index in [4.69, 9.17) is 0 Å². The highest BCUT2D eigenvalue weighted by Gasteiger charge is 2.29. The second-order valence-electron chi connectivity index (χ2n) is 5.10. The molecule has 20 heavy (non-hydrogen) atoms. The zero-order valence-electron chi connectivity index (χ0n) is 11.1. The van der Waals surface area contributed by atoms with Crippen LogP contribution in [0.4, 0.5) is 4.39 Å². The summed E-state index contributed by atoms with van der Waals surface area (Å²) in [6, 6.07) is 10.6. The second kappa shape index (κ2) is 5.75. The molecule has 1 aromatic heterocycles. The molecule has 0 radical (unpaired) electrons. The van der Waals surface area contributed by atoms with E-state index in [1.54, 1.807) is 12.1 Å². The van der Waals surface area contributed by atoms with E-state index in [2.05, 4.69) is 0 Å². The average molecular weight is 289 g/mol. The van der Waals surface area contributed by atoms with Crippen molar-refractivity contribution >= 4 is 17.2 Å². The molecule has 1 atom stereocenters. The van der Waals surface area contributed by atoms with Gasteiger partial charge in [-0.2, -0.15) is 0 Å². The number of rotatable bonds is 3. The topological polar surface area (TPSA) is 20.3 Å². The van der Waals surface area contributed by atoms with Gasteiger partial charge in [0.2, 0.25) is 0 Å². The standard InChI is InChI=1S/C16H16FNOS/c17-13-7-5-12(6-8-13)11-14-3-1-9-18(14)16(19)15-4-2-10-20-15/h2,4-8,10,14H,1,3,9,11H2. The first-order chi connectivity index (χ1) is 9.74. The lowest BCUT2D eigenvalue weighted by atomic mass is 10.0. The minimum absolute atomic E-state index is 0.129. The molecule has 0 aliphatic carbocycles. The smallest absolute Gasteiger partial charge is 0.264 e. The molecule has 3 rings (SSSR count). The van der Waals surface area contributed by atoms with Crippen LogP contribution in [0.3, 0.4) is 0 Å². The molecule has 0 spiro atoms. The van der Waals surface area contributed by atoms with E-state index in [1.165, 1.54) is 23.5 Å². The van der Waals surface area contributed by atoms with Crippen LogP contribution in [0.1, 0.15) is 28.1 Å². The fourth-order valence-corrected chi connectivity index (χ4v) is 3.43. The monoisotopic (exact) mass is 289 g/mol. The number of hydrogen-bond acceptors (Lipinski definition) is 2. The summed E-state index contributed by atoms with van der Waals surface area (Å²) in [4.78, 5) is 15.2. The molecule has 0 N–H and O–H groups in total. The van der Waals surface area contributed by atoms with E-state index in [0.717, 1.165) is 36.2 Å². The first-order valence-electron chi connectivity index (χ1n) is 6.83. The number of likely N-dealkylation sites (tertiary alicyclic amines) is 1. The molecule has 104 valence electrons. The van der Waals surface area contributed by atoms with E-state index < -0.39 is 0 Å². The summed E-state index contributed by atoms with van der Waals surface area (Å²) in [7, 11) is 0. The Hall–Kier alpha value is -1.68. The molecule has 1 fully saturated rings. The van der Waals surface area contributed by atoms with Gasteiger partial charge in [-0.15, -0.1) is 11.3 Å². The van der Waals surface area contributed by atoms with Crippen LogP contribution in [-0.2, 0) is 6.42 Å². The molecule has 1 aromatic carbocycles. The van der Waals surface area contributed by atoms with E-state index in [-0.39, 0.29) is 17.8 Å². The van der Waals surface area contributed by atoms with Crippen LogP contribution < -0.4 is 0 Å². The SMILES string of the molecule is O=C(c1cccs1)N1CCCC1Cc1ccc(F)cc1. The third kappa shape index (κ3) is 2.75. The van der Waals surface area contributed by atoms with Gasteiger partial charge in [-0.25, -0.2) is 4.39 Å². The molecule has 0 bridgehead atoms. The molecule has 1 saturated heterocycles. The predicted molar refractivity (Wildman–Crippen MR) is 78.5 cm³/mol. The highest BCUT2D eigenvalue weighted by Crippen LogP contribution is 2.24. The van der Waals surface area contributed by atoms with Gasteiger partial charge in [0, 0.05) is 12.6 Å². The molecule has 4 heteroatoms. The zero-order chi connectivity index (χ0) is 13.9. The number of hydrogen-bond donors (Lipinski definition) is 0. The summed E-state index contributed by atoms with van der Waals surface area (Å²) < 4.78 is 12.9. The normalized spacial score (nSPS) is 18.4. The van der Waals surface area contributed by atoms with Crippen molar-refractivity contribution < 1.29 is 9.18 Å². The van der Waals surface area contributed by atoms with Crippen molar-refractivity contribution in [3.8, 4) is 0 Å². The first-order valence-corrected chi connectivity index (χ1v) is 7.71. The van der Waals surface area contributed by atoms with Crippen LogP contribution in [0.25, 0.3) is 0 Å². The van der Waals surface area contributed by atoms with Gasteiger partial charge in [0.25, 0.3) is 5.91 Å². The summed E-state index contributed by atoms with van der Waals surface area (Å²) >= 11 is 1.49. The van der Waals surface area contributed by atoms with Crippen molar-refractivity contribution in [2.24, 2.45) is 0 Å². The van der Waals surface area contributed by atoms with Gasteiger partial charge in [0.05, 0.1) is 4.88 Å². The van der Waals surface area contributed by atoms with Crippen LogP contribution >= 0.6 is 11.3 Å². The summed E-state index contributed by atoms with van der Waals surface area (Å²) in [6.07, 6.45) is 2.87. The summed E-state index contributed by atoms with van der Waals surface area (Å²) in [6.45, 7) is 0.822. The molecule has 0 saturated carbocycles. The summed E-state index contributed by atoms with van der Waals surface area (Å²) in [5, 5.41) is 1.93. The average Bonchev–Trinajstić information content (AvgIpc) is 3.12. The maximum atomic E-state index is 12.9. The largest absolute Gasteiger partial charge is 0.335 e. The van der Waals surface area contributed by atoms with Crippen molar-refractivity contribution in [2.75, 3.05) is 6.54 Å². The molecule has 1 amide bonds. The van der Waals surface area contributed by atoms with Crippen molar-refractivity contribution in [2.45, 2.75) is 25.3 Å². The fourth-order valence-electron chi connectivity index (χ4n) is 2.75. The number of benzene rings is 1. The van der Waals surface area contributed by atoms with Crippen LogP contribution in [0.15, 0.2) is 41.8 Å². The number of carbonyl (C=O) groups is 1. The number of amides is 1. The lowest BCUT2D eigenvalue weighted by Crippen LogP contribution is -2.36. The molecular formula is C16H16FNOS. The molecule has 1 aliphatic heterocycles. The number of halogens is 1. The number of carbonyl (C=O) groups excluding carboxylic acids is 1. The van der Waals surface area contributed by atoms with Crippen LogP contribution in [0.5, 0.6) is 0 Å². The van der Waals surface area contributed by atoms with Crippen LogP contribution in [0.2, 0.25) is 0 Å². The van der Waals surface area contributed by atoms with Gasteiger partial charge in [-0.1, -0.05) is 18.2 Å². The van der Waals surface area contributed by atoms with Crippen molar-refractivity contribution in [1.29, 1.82) is 0 Å². The van der Waals surface area contributed by atoms with Crippen molar-refractivity contribution in [3.63, 3.8) is 0 Å². The van der Waals surface area contributed by atoms with E-state index in [9.17, 15) is 9.18 Å². The van der Waals surface area contributed by atoms with E-state index in [0.29, 0.717) is 0 Å². The minimum Gasteiger partial charge on any atom is -0.335 e. The summed E-state index contributed by atoms with van der Waals surface area (Å²) in [5.41, 5.74) is 1.09. The Morgan fingerprint density at radius 1 is 1.30 bits per heavy atom. The van der Waals surface area contributed by atoms with Gasteiger partial charge in [-0.3, -0.25) is 4.79 Å². The Morgan fingerprint density at radius 3 is 2.80 bits per heavy atom. The predicted octanol–water partition coefficient (Wildman–Crippen LogP) is 3.73. The first kappa shape index (κ1) is 13.3. The molecular weight excluding hydrogens is 273 g/mol. The number of nitrogens with zero attached hydrogens (tertiary/aromatic N) is 1. The van der Waals surface area contributed by atoms with E-state index in [1.807, 2.05) is 22.4 Å². The minimum atomic E-state index is -0.216. The molecule has 1 aliphatic rings. The Bertz CT molecular complexity index is 579. The summed E-state index contributed by atoms with van der Waals surface area (Å²) in [5.74, 6) is -0.0868. The maximum Gasteiger partial charge on any atom is 0.264 e. The van der Waals surface area contributed by atoms with Gasteiger partial charge in [0.1, 0.15) is 5.82 Å². The Labute approximate surface area is 121 Å². The van der Waals surface area contributed by atoms with Crippen molar-refractivity contribution in [3.05, 3.63) is 58.0 Å². The quantitative estimate of drug-likeness (QED) is 0.843. The Balaban J connectivity index is 1.72. The van der Waals surface area contributed by atoms with Crippen molar-refractivity contribution in [1.82, 2.24) is 4.90 Å². The number of thiophene rings is 1. The molecule has 2 heterocycles. The van der Waals surface area contributed by atoms with Crippen LogP contribution in [0, 0.1) is 5.82 Å². The second-order valence-corrected chi connectivity index (χ2v) is 6.05. The highest BCUT2D eigenvalue weighted by atomic mass is 32.1. The molecule has 2 aromatic rings. The lowest BCUT2D eigenvalue weighted by Gasteiger charge is -2.24. The van der Waals surface area contributed by atoms with Gasteiger partial charge in [0.15, 0.2) is 0 Å². The molecule has 2 nitrogen and oxygen atoms in total. The zero-order valence-corrected chi connectivity index (χ0v) is 11.9. The third-order valence-corrected chi connectivity index (χ3v) is 4.61. The van der Waals surface area contributed by atoms with Gasteiger partial charge < -0.3 is 4.90 Å². The highest BCUT2D eigenvalue weighted by molar-refractivity contribution is 7.12.